The van der Waals surface area contributed by atoms with Crippen LogP contribution >= 0.6 is 0 Å². The van der Waals surface area contributed by atoms with Crippen LogP contribution in [0.2, 0.25) is 0 Å². The summed E-state index contributed by atoms with van der Waals surface area (Å²) in [5.74, 6) is 2.59. The fourth-order valence-corrected chi connectivity index (χ4v) is 3.96. The third-order valence-electron chi connectivity index (χ3n) is 5.66. The third kappa shape index (κ3) is 4.40. The minimum atomic E-state index is -0.415. The van der Waals surface area contributed by atoms with Crippen molar-refractivity contribution in [1.82, 2.24) is 25.1 Å². The Kier molecular flexibility index (Phi) is 5.47. The van der Waals surface area contributed by atoms with Crippen molar-refractivity contribution in [3.8, 4) is 22.9 Å². The Morgan fingerprint density at radius 3 is 2.64 bits per heavy atom. The SMILES string of the molecule is Cc1cc(N2CCC(c3nc(-c4ccccn4)no3)CC2)nc(-c2cccc([N+](=O)[O-])c2)n1. The van der Waals surface area contributed by atoms with Gasteiger partial charge >= 0.3 is 0 Å². The molecule has 0 unspecified atom stereocenters. The topological polar surface area (TPSA) is 124 Å². The number of pyridine rings is 1. The average molecular weight is 443 g/mol. The molecule has 4 heterocycles. The molecule has 0 bridgehead atoms. The summed E-state index contributed by atoms with van der Waals surface area (Å²) in [6.07, 6.45) is 3.40. The number of benzene rings is 1. The number of nitrogens with zero attached hydrogens (tertiary/aromatic N) is 7. The second-order valence-electron chi connectivity index (χ2n) is 7.93. The highest BCUT2D eigenvalue weighted by Gasteiger charge is 2.27. The first kappa shape index (κ1) is 20.7. The van der Waals surface area contributed by atoms with E-state index in [9.17, 15) is 10.1 Å². The summed E-state index contributed by atoms with van der Waals surface area (Å²) in [4.78, 5) is 30.9. The zero-order valence-corrected chi connectivity index (χ0v) is 18.0. The molecule has 1 fully saturated rings. The zero-order valence-electron chi connectivity index (χ0n) is 18.0. The number of hydrogen-bond donors (Lipinski definition) is 0. The lowest BCUT2D eigenvalue weighted by molar-refractivity contribution is -0.384. The summed E-state index contributed by atoms with van der Waals surface area (Å²) in [5, 5.41) is 15.2. The Balaban J connectivity index is 1.31. The molecule has 0 spiro atoms. The molecule has 1 aliphatic heterocycles. The lowest BCUT2D eigenvalue weighted by Gasteiger charge is -2.31. The van der Waals surface area contributed by atoms with Crippen LogP contribution in [0.3, 0.4) is 0 Å². The molecule has 0 aliphatic carbocycles. The number of hydrogen-bond acceptors (Lipinski definition) is 9. The molecule has 1 aromatic carbocycles. The van der Waals surface area contributed by atoms with Crippen LogP contribution in [-0.2, 0) is 0 Å². The minimum absolute atomic E-state index is 0.0181. The molecule has 3 aromatic heterocycles. The first-order chi connectivity index (χ1) is 16.1. The predicted octanol–water partition coefficient (Wildman–Crippen LogP) is 4.19. The van der Waals surface area contributed by atoms with Crippen molar-refractivity contribution in [2.24, 2.45) is 0 Å². The number of aromatic nitrogens is 5. The highest BCUT2D eigenvalue weighted by atomic mass is 16.6. The van der Waals surface area contributed by atoms with Crippen molar-refractivity contribution in [3.05, 3.63) is 76.4 Å². The lowest BCUT2D eigenvalue weighted by Crippen LogP contribution is -2.33. The number of nitro benzene ring substituents is 1. The number of piperidine rings is 1. The van der Waals surface area contributed by atoms with E-state index >= 15 is 0 Å². The molecule has 10 heteroatoms. The standard InChI is InChI=1S/C23H21N7O3/c1-15-13-20(26-21(25-15)17-5-4-6-18(14-17)30(31)32)29-11-8-16(9-12-29)23-27-22(28-33-23)19-7-2-3-10-24-19/h2-7,10,13-14,16H,8-9,11-12H2,1H3. The van der Waals surface area contributed by atoms with E-state index in [4.69, 9.17) is 9.51 Å². The summed E-state index contributed by atoms with van der Waals surface area (Å²) in [6, 6.07) is 13.9. The molecule has 0 N–H and O–H groups in total. The van der Waals surface area contributed by atoms with Gasteiger partial charge in [-0.15, -0.1) is 0 Å². The minimum Gasteiger partial charge on any atom is -0.356 e. The van der Waals surface area contributed by atoms with Crippen LogP contribution in [0.1, 0.15) is 30.3 Å². The number of aryl methyl sites for hydroxylation is 1. The van der Waals surface area contributed by atoms with Gasteiger partial charge in [0.15, 0.2) is 5.82 Å². The molecule has 166 valence electrons. The summed E-state index contributed by atoms with van der Waals surface area (Å²) >= 11 is 0. The fraction of sp³-hybridized carbons (Fsp3) is 0.261. The first-order valence-electron chi connectivity index (χ1n) is 10.7. The Hall–Kier alpha value is -4.21. The molecule has 4 aromatic rings. The van der Waals surface area contributed by atoms with Crippen molar-refractivity contribution >= 4 is 11.5 Å². The number of anilines is 1. The van der Waals surface area contributed by atoms with Gasteiger partial charge in [0, 0.05) is 54.7 Å². The van der Waals surface area contributed by atoms with Crippen LogP contribution in [-0.4, -0.2) is 43.1 Å². The van der Waals surface area contributed by atoms with Gasteiger partial charge in [0.05, 0.1) is 4.92 Å². The van der Waals surface area contributed by atoms with Gasteiger partial charge < -0.3 is 9.42 Å². The molecule has 0 atom stereocenters. The molecule has 1 saturated heterocycles. The highest BCUT2D eigenvalue weighted by molar-refractivity contribution is 5.61. The lowest BCUT2D eigenvalue weighted by atomic mass is 9.97. The van der Waals surface area contributed by atoms with E-state index in [0.717, 1.165) is 37.4 Å². The smallest absolute Gasteiger partial charge is 0.270 e. The van der Waals surface area contributed by atoms with Gasteiger partial charge in [-0.3, -0.25) is 15.1 Å². The van der Waals surface area contributed by atoms with Gasteiger partial charge in [0.25, 0.3) is 5.69 Å². The Morgan fingerprint density at radius 1 is 1.03 bits per heavy atom. The van der Waals surface area contributed by atoms with Crippen LogP contribution in [0, 0.1) is 17.0 Å². The van der Waals surface area contributed by atoms with Crippen LogP contribution in [0.5, 0.6) is 0 Å². The van der Waals surface area contributed by atoms with Gasteiger partial charge in [-0.05, 0) is 31.9 Å². The summed E-state index contributed by atoms with van der Waals surface area (Å²) in [6.45, 7) is 3.45. The Bertz CT molecular complexity index is 1280. The van der Waals surface area contributed by atoms with Crippen LogP contribution in [0.4, 0.5) is 11.5 Å². The monoisotopic (exact) mass is 443 g/mol. The van der Waals surface area contributed by atoms with Crippen LogP contribution in [0.25, 0.3) is 22.9 Å². The molecular weight excluding hydrogens is 422 g/mol. The van der Waals surface area contributed by atoms with Crippen molar-refractivity contribution in [3.63, 3.8) is 0 Å². The second-order valence-corrected chi connectivity index (χ2v) is 7.93. The normalized spacial score (nSPS) is 14.4. The molecule has 10 nitrogen and oxygen atoms in total. The van der Waals surface area contributed by atoms with Crippen molar-refractivity contribution in [2.75, 3.05) is 18.0 Å². The molecule has 1 aliphatic rings. The van der Waals surface area contributed by atoms with E-state index in [-0.39, 0.29) is 11.6 Å². The molecule has 0 saturated carbocycles. The predicted molar refractivity (Wildman–Crippen MR) is 121 cm³/mol. The van der Waals surface area contributed by atoms with Crippen molar-refractivity contribution < 1.29 is 9.45 Å². The molecule has 0 amide bonds. The van der Waals surface area contributed by atoms with E-state index in [1.54, 1.807) is 18.3 Å². The summed E-state index contributed by atoms with van der Waals surface area (Å²) < 4.78 is 5.53. The maximum atomic E-state index is 11.1. The third-order valence-corrected chi connectivity index (χ3v) is 5.66. The Morgan fingerprint density at radius 2 is 1.88 bits per heavy atom. The quantitative estimate of drug-likeness (QED) is 0.330. The average Bonchev–Trinajstić information content (AvgIpc) is 3.35. The van der Waals surface area contributed by atoms with Gasteiger partial charge in [-0.25, -0.2) is 9.97 Å². The van der Waals surface area contributed by atoms with Crippen molar-refractivity contribution in [1.29, 1.82) is 0 Å². The van der Waals surface area contributed by atoms with Gasteiger partial charge in [0.1, 0.15) is 11.5 Å². The maximum Gasteiger partial charge on any atom is 0.270 e. The van der Waals surface area contributed by atoms with Gasteiger partial charge in [-0.1, -0.05) is 23.4 Å². The van der Waals surface area contributed by atoms with E-state index in [1.165, 1.54) is 12.1 Å². The molecular formula is C23H21N7O3. The first-order valence-corrected chi connectivity index (χ1v) is 10.7. The van der Waals surface area contributed by atoms with Crippen LogP contribution < -0.4 is 4.90 Å². The molecule has 5 rings (SSSR count). The fourth-order valence-electron chi connectivity index (χ4n) is 3.96. The van der Waals surface area contributed by atoms with Crippen molar-refractivity contribution in [2.45, 2.75) is 25.7 Å². The maximum absolute atomic E-state index is 11.1. The van der Waals surface area contributed by atoms with Crippen LogP contribution in [0.15, 0.2) is 59.3 Å². The largest absolute Gasteiger partial charge is 0.356 e. The molecule has 33 heavy (non-hydrogen) atoms. The summed E-state index contributed by atoms with van der Waals surface area (Å²) in [5.41, 5.74) is 2.14. The number of non-ortho nitro benzene ring substituents is 1. The number of nitro groups is 1. The van der Waals surface area contributed by atoms with Gasteiger partial charge in [-0.2, -0.15) is 4.98 Å². The molecule has 0 radical (unpaired) electrons. The Labute approximate surface area is 189 Å². The van der Waals surface area contributed by atoms with E-state index in [1.807, 2.05) is 31.2 Å². The van der Waals surface area contributed by atoms with Gasteiger partial charge in [0.2, 0.25) is 11.7 Å². The van der Waals surface area contributed by atoms with E-state index in [0.29, 0.717) is 28.8 Å². The number of rotatable bonds is 5. The van der Waals surface area contributed by atoms with E-state index in [2.05, 4.69) is 25.0 Å². The second kappa shape index (κ2) is 8.73. The summed E-state index contributed by atoms with van der Waals surface area (Å²) in [7, 11) is 0. The van der Waals surface area contributed by atoms with E-state index < -0.39 is 4.92 Å². The zero-order chi connectivity index (χ0) is 22.8. The highest BCUT2D eigenvalue weighted by Crippen LogP contribution is 2.31.